The molecule has 2 rings (SSSR count). The number of nitrogens with one attached hydrogen (secondary N) is 1. The first-order chi connectivity index (χ1) is 10.3. The third-order valence-corrected chi connectivity index (χ3v) is 4.43. The molecule has 0 aliphatic heterocycles. The zero-order chi connectivity index (χ0) is 14.9. The van der Waals surface area contributed by atoms with E-state index in [4.69, 9.17) is 4.74 Å². The van der Waals surface area contributed by atoms with Crippen molar-refractivity contribution >= 4 is 0 Å². The average molecular weight is 293 g/mol. The number of hydrogen-bond acceptors (Lipinski definition) is 2. The Morgan fingerprint density at radius 3 is 2.52 bits per heavy atom. The van der Waals surface area contributed by atoms with E-state index in [1.807, 2.05) is 0 Å². The van der Waals surface area contributed by atoms with Gasteiger partial charge in [-0.15, -0.1) is 0 Å². The molecule has 1 aliphatic carbocycles. The van der Waals surface area contributed by atoms with Gasteiger partial charge in [0, 0.05) is 12.6 Å². The van der Waals surface area contributed by atoms with Crippen LogP contribution >= 0.6 is 0 Å². The maximum atomic E-state index is 11.9. The topological polar surface area (TPSA) is 21.3 Å². The molecule has 0 saturated heterocycles. The second-order valence-electron chi connectivity index (χ2n) is 5.98. The number of hydrogen-bond donors (Lipinski definition) is 1. The summed E-state index contributed by atoms with van der Waals surface area (Å²) in [7, 11) is 0. The monoisotopic (exact) mass is 293 g/mol. The summed E-state index contributed by atoms with van der Waals surface area (Å²) >= 11 is 0. The zero-order valence-corrected chi connectivity index (χ0v) is 13.1. The normalized spacial score (nSPS) is 17.8. The van der Waals surface area contributed by atoms with Crippen molar-refractivity contribution in [2.24, 2.45) is 0 Å². The van der Waals surface area contributed by atoms with Crippen LogP contribution in [0.3, 0.4) is 0 Å². The minimum absolute atomic E-state index is 0.201. The highest BCUT2D eigenvalue weighted by atomic mass is 19.1. The Bertz CT molecular complexity index is 387. The van der Waals surface area contributed by atoms with Crippen LogP contribution in [0.5, 0.6) is 0 Å². The first kappa shape index (κ1) is 16.4. The Hall–Kier alpha value is -0.930. The van der Waals surface area contributed by atoms with Crippen LogP contribution in [0.25, 0.3) is 0 Å². The Balaban J connectivity index is 1.77. The summed E-state index contributed by atoms with van der Waals surface area (Å²) < 4.78 is 17.0. The van der Waals surface area contributed by atoms with Gasteiger partial charge in [-0.3, -0.25) is 0 Å². The SMILES string of the molecule is CC(NCCOCCF)c1ccc(C2CCCCC2)cc1. The zero-order valence-electron chi connectivity index (χ0n) is 13.1. The van der Waals surface area contributed by atoms with Crippen molar-refractivity contribution < 1.29 is 9.13 Å². The number of benzene rings is 1. The van der Waals surface area contributed by atoms with E-state index in [2.05, 4.69) is 36.5 Å². The fraction of sp³-hybridized carbons (Fsp3) is 0.667. The molecule has 0 radical (unpaired) electrons. The van der Waals surface area contributed by atoms with Crippen LogP contribution in [0.15, 0.2) is 24.3 Å². The Labute approximate surface area is 128 Å². The quantitative estimate of drug-likeness (QED) is 0.719. The molecule has 0 amide bonds. The number of halogens is 1. The van der Waals surface area contributed by atoms with Gasteiger partial charge in [-0.2, -0.15) is 0 Å². The molecule has 1 fully saturated rings. The molecule has 118 valence electrons. The lowest BCUT2D eigenvalue weighted by molar-refractivity contribution is 0.119. The molecule has 1 saturated carbocycles. The summed E-state index contributed by atoms with van der Waals surface area (Å²) in [6.45, 7) is 3.27. The largest absolute Gasteiger partial charge is 0.377 e. The van der Waals surface area contributed by atoms with Gasteiger partial charge < -0.3 is 10.1 Å². The van der Waals surface area contributed by atoms with Gasteiger partial charge in [0.05, 0.1) is 13.2 Å². The van der Waals surface area contributed by atoms with Crippen LogP contribution < -0.4 is 5.32 Å². The third-order valence-electron chi connectivity index (χ3n) is 4.43. The average Bonchev–Trinajstić information content (AvgIpc) is 2.55. The van der Waals surface area contributed by atoms with Crippen molar-refractivity contribution in [2.45, 2.75) is 51.0 Å². The van der Waals surface area contributed by atoms with E-state index in [1.54, 1.807) is 0 Å². The molecule has 1 aliphatic rings. The van der Waals surface area contributed by atoms with Crippen molar-refractivity contribution in [2.75, 3.05) is 26.4 Å². The van der Waals surface area contributed by atoms with Gasteiger partial charge in [0.25, 0.3) is 0 Å². The second kappa shape index (κ2) is 9.16. The lowest BCUT2D eigenvalue weighted by Crippen LogP contribution is -2.23. The van der Waals surface area contributed by atoms with Crippen molar-refractivity contribution in [3.05, 3.63) is 35.4 Å². The van der Waals surface area contributed by atoms with E-state index >= 15 is 0 Å². The van der Waals surface area contributed by atoms with E-state index in [-0.39, 0.29) is 6.61 Å². The van der Waals surface area contributed by atoms with E-state index in [1.165, 1.54) is 43.2 Å². The van der Waals surface area contributed by atoms with Gasteiger partial charge in [0.1, 0.15) is 6.67 Å². The number of alkyl halides is 1. The summed E-state index contributed by atoms with van der Waals surface area (Å²) in [4.78, 5) is 0. The highest BCUT2D eigenvalue weighted by Crippen LogP contribution is 2.32. The smallest absolute Gasteiger partial charge is 0.113 e. The van der Waals surface area contributed by atoms with Gasteiger partial charge in [0.15, 0.2) is 0 Å². The van der Waals surface area contributed by atoms with Crippen LogP contribution in [0, 0.1) is 0 Å². The molecule has 1 atom stereocenters. The van der Waals surface area contributed by atoms with Crippen molar-refractivity contribution in [1.29, 1.82) is 0 Å². The summed E-state index contributed by atoms with van der Waals surface area (Å²) in [5, 5.41) is 3.41. The fourth-order valence-corrected chi connectivity index (χ4v) is 3.11. The summed E-state index contributed by atoms with van der Waals surface area (Å²) in [5.74, 6) is 0.769. The van der Waals surface area contributed by atoms with Crippen molar-refractivity contribution in [1.82, 2.24) is 5.32 Å². The Morgan fingerprint density at radius 2 is 1.86 bits per heavy atom. The van der Waals surface area contributed by atoms with Gasteiger partial charge >= 0.3 is 0 Å². The van der Waals surface area contributed by atoms with E-state index < -0.39 is 6.67 Å². The molecule has 1 aromatic rings. The van der Waals surface area contributed by atoms with Crippen molar-refractivity contribution in [3.8, 4) is 0 Å². The fourth-order valence-electron chi connectivity index (χ4n) is 3.11. The Kier molecular flexibility index (Phi) is 7.17. The first-order valence-electron chi connectivity index (χ1n) is 8.28. The van der Waals surface area contributed by atoms with Gasteiger partial charge in [-0.25, -0.2) is 4.39 Å². The molecule has 0 spiro atoms. The molecule has 2 nitrogen and oxygen atoms in total. The predicted octanol–water partition coefficient (Wildman–Crippen LogP) is 4.37. The van der Waals surface area contributed by atoms with Gasteiger partial charge in [0.2, 0.25) is 0 Å². The van der Waals surface area contributed by atoms with Gasteiger partial charge in [-0.1, -0.05) is 43.5 Å². The molecule has 0 bridgehead atoms. The highest BCUT2D eigenvalue weighted by Gasteiger charge is 2.15. The number of rotatable bonds is 8. The van der Waals surface area contributed by atoms with Gasteiger partial charge in [-0.05, 0) is 36.8 Å². The highest BCUT2D eigenvalue weighted by molar-refractivity contribution is 5.27. The molecule has 1 unspecified atom stereocenters. The third kappa shape index (κ3) is 5.40. The number of ether oxygens (including phenoxy) is 1. The van der Waals surface area contributed by atoms with Crippen molar-refractivity contribution in [3.63, 3.8) is 0 Å². The second-order valence-corrected chi connectivity index (χ2v) is 5.98. The van der Waals surface area contributed by atoms with E-state index in [0.717, 1.165) is 12.5 Å². The molecular weight excluding hydrogens is 265 g/mol. The minimum Gasteiger partial charge on any atom is -0.377 e. The van der Waals surface area contributed by atoms with Crippen LogP contribution in [0.2, 0.25) is 0 Å². The van der Waals surface area contributed by atoms with Crippen LogP contribution in [-0.4, -0.2) is 26.4 Å². The predicted molar refractivity (Wildman–Crippen MR) is 85.5 cm³/mol. The molecule has 1 N–H and O–H groups in total. The maximum absolute atomic E-state index is 11.9. The summed E-state index contributed by atoms with van der Waals surface area (Å²) in [6, 6.07) is 9.37. The summed E-state index contributed by atoms with van der Waals surface area (Å²) in [6.07, 6.45) is 6.85. The molecular formula is C18H28FNO. The molecule has 1 aromatic carbocycles. The molecule has 21 heavy (non-hydrogen) atoms. The van der Waals surface area contributed by atoms with Crippen LogP contribution in [0.4, 0.5) is 4.39 Å². The lowest BCUT2D eigenvalue weighted by Gasteiger charge is -2.22. The molecule has 0 aromatic heterocycles. The van der Waals surface area contributed by atoms with Crippen LogP contribution in [-0.2, 0) is 4.74 Å². The lowest BCUT2D eigenvalue weighted by atomic mass is 9.84. The first-order valence-corrected chi connectivity index (χ1v) is 8.28. The maximum Gasteiger partial charge on any atom is 0.113 e. The Morgan fingerprint density at radius 1 is 1.14 bits per heavy atom. The molecule has 3 heteroatoms. The standard InChI is InChI=1S/C18H28FNO/c1-15(20-12-14-21-13-11-19)16-7-9-18(10-8-16)17-5-3-2-4-6-17/h7-10,15,17,20H,2-6,11-14H2,1H3. The minimum atomic E-state index is -0.405. The van der Waals surface area contributed by atoms with Crippen LogP contribution in [0.1, 0.15) is 62.1 Å². The van der Waals surface area contributed by atoms with E-state index in [9.17, 15) is 4.39 Å². The molecule has 0 heterocycles. The summed E-state index contributed by atoms with van der Waals surface area (Å²) in [5.41, 5.74) is 2.80. The van der Waals surface area contributed by atoms with E-state index in [0.29, 0.717) is 12.6 Å².